The van der Waals surface area contributed by atoms with Gasteiger partial charge in [-0.25, -0.2) is 8.42 Å². The number of benzene rings is 1. The molecule has 114 valence electrons. The lowest BCUT2D eigenvalue weighted by atomic mass is 10.2. The maximum Gasteiger partial charge on any atom is 0.416 e. The Hall–Kier alpha value is -2.05. The molecule has 0 aromatic heterocycles. The molecular weight excluding hydrogens is 311 g/mol. The zero-order chi connectivity index (χ0) is 16.3. The van der Waals surface area contributed by atoms with Crippen LogP contribution in [0.2, 0.25) is 0 Å². The van der Waals surface area contributed by atoms with E-state index in [1.807, 2.05) is 5.92 Å². The normalized spacial score (nSPS) is 12.1. The number of hydrogen-bond acceptors (Lipinski definition) is 3. The molecule has 5 nitrogen and oxygen atoms in total. The molecule has 1 aromatic rings. The molecule has 0 saturated carbocycles. The van der Waals surface area contributed by atoms with Crippen molar-refractivity contribution in [1.82, 2.24) is 4.31 Å². The van der Waals surface area contributed by atoms with Crippen molar-refractivity contribution in [2.45, 2.75) is 11.1 Å². The molecule has 0 aliphatic heterocycles. The number of sulfonamides is 1. The Morgan fingerprint density at radius 1 is 1.38 bits per heavy atom. The molecular formula is C12H10F3NO4S. The third-order valence-electron chi connectivity index (χ3n) is 2.38. The SMILES string of the molecule is C#CCN(CC(=O)O)S(=O)(=O)c1cccc(C(F)(F)F)c1. The quantitative estimate of drug-likeness (QED) is 0.832. The summed E-state index contributed by atoms with van der Waals surface area (Å²) < 4.78 is 62.4. The van der Waals surface area contributed by atoms with Crippen molar-refractivity contribution >= 4 is 16.0 Å². The van der Waals surface area contributed by atoms with Gasteiger partial charge in [-0.15, -0.1) is 6.42 Å². The van der Waals surface area contributed by atoms with Crippen molar-refractivity contribution in [3.8, 4) is 12.3 Å². The molecule has 0 fully saturated rings. The average molecular weight is 321 g/mol. The topological polar surface area (TPSA) is 74.7 Å². The van der Waals surface area contributed by atoms with E-state index in [4.69, 9.17) is 11.5 Å². The minimum absolute atomic E-state index is 0.408. The number of halogens is 3. The first-order valence-electron chi connectivity index (χ1n) is 5.41. The van der Waals surface area contributed by atoms with E-state index in [1.165, 1.54) is 0 Å². The molecule has 1 N–H and O–H groups in total. The van der Waals surface area contributed by atoms with E-state index >= 15 is 0 Å². The van der Waals surface area contributed by atoms with Gasteiger partial charge < -0.3 is 5.11 Å². The Bertz CT molecular complexity index is 676. The molecule has 1 aromatic carbocycles. The largest absolute Gasteiger partial charge is 0.480 e. The van der Waals surface area contributed by atoms with Crippen LogP contribution in [0.15, 0.2) is 29.2 Å². The highest BCUT2D eigenvalue weighted by Crippen LogP contribution is 2.31. The summed E-state index contributed by atoms with van der Waals surface area (Å²) in [6.45, 7) is -1.51. The van der Waals surface area contributed by atoms with Crippen molar-refractivity contribution in [3.05, 3.63) is 29.8 Å². The van der Waals surface area contributed by atoms with Gasteiger partial charge in [0.15, 0.2) is 0 Å². The lowest BCUT2D eigenvalue weighted by Gasteiger charge is -2.18. The van der Waals surface area contributed by atoms with E-state index in [-0.39, 0.29) is 0 Å². The van der Waals surface area contributed by atoms with Gasteiger partial charge in [0.1, 0.15) is 6.54 Å². The second-order valence-electron chi connectivity index (χ2n) is 3.90. The lowest BCUT2D eigenvalue weighted by Crippen LogP contribution is -2.36. The van der Waals surface area contributed by atoms with Gasteiger partial charge in [-0.1, -0.05) is 12.0 Å². The first-order valence-corrected chi connectivity index (χ1v) is 6.85. The summed E-state index contributed by atoms with van der Waals surface area (Å²) in [6, 6.07) is 3.00. The van der Waals surface area contributed by atoms with Crippen molar-refractivity contribution in [2.75, 3.05) is 13.1 Å². The number of carbonyl (C=O) groups is 1. The molecule has 0 aliphatic rings. The Labute approximate surface area is 119 Å². The van der Waals surface area contributed by atoms with Crippen molar-refractivity contribution in [3.63, 3.8) is 0 Å². The van der Waals surface area contributed by atoms with Crippen molar-refractivity contribution < 1.29 is 31.5 Å². The molecule has 0 atom stereocenters. The number of aliphatic carboxylic acids is 1. The fraction of sp³-hybridized carbons (Fsp3) is 0.250. The van der Waals surface area contributed by atoms with Crippen LogP contribution in [0.5, 0.6) is 0 Å². The molecule has 0 amide bonds. The number of alkyl halides is 3. The maximum atomic E-state index is 12.6. The average Bonchev–Trinajstić information content (AvgIpc) is 2.37. The molecule has 21 heavy (non-hydrogen) atoms. The third kappa shape index (κ3) is 4.21. The van der Waals surface area contributed by atoms with Gasteiger partial charge in [0.2, 0.25) is 10.0 Å². The van der Waals surface area contributed by atoms with Crippen molar-refractivity contribution in [1.29, 1.82) is 0 Å². The zero-order valence-electron chi connectivity index (χ0n) is 10.5. The van der Waals surface area contributed by atoms with Crippen LogP contribution in [0.3, 0.4) is 0 Å². The summed E-state index contributed by atoms with van der Waals surface area (Å²) in [5.41, 5.74) is -1.15. The number of hydrogen-bond donors (Lipinski definition) is 1. The van der Waals surface area contributed by atoms with Crippen LogP contribution in [-0.4, -0.2) is 36.9 Å². The van der Waals surface area contributed by atoms with Gasteiger partial charge in [0.05, 0.1) is 17.0 Å². The van der Waals surface area contributed by atoms with Gasteiger partial charge >= 0.3 is 12.1 Å². The Morgan fingerprint density at radius 2 is 2.00 bits per heavy atom. The summed E-state index contributed by atoms with van der Waals surface area (Å²) >= 11 is 0. The second-order valence-corrected chi connectivity index (χ2v) is 5.83. The van der Waals surface area contributed by atoms with Gasteiger partial charge in [-0.05, 0) is 18.2 Å². The van der Waals surface area contributed by atoms with Gasteiger partial charge in [0, 0.05) is 0 Å². The second kappa shape index (κ2) is 6.15. The minimum atomic E-state index is -4.71. The van der Waals surface area contributed by atoms with E-state index < -0.39 is 45.7 Å². The third-order valence-corrected chi connectivity index (χ3v) is 4.17. The van der Waals surface area contributed by atoms with Crippen LogP contribution in [0.25, 0.3) is 0 Å². The summed E-state index contributed by atoms with van der Waals surface area (Å²) in [5.74, 6) is 0.484. The van der Waals surface area contributed by atoms with Crippen LogP contribution in [0.1, 0.15) is 5.56 Å². The van der Waals surface area contributed by atoms with Crippen LogP contribution in [-0.2, 0) is 21.0 Å². The molecule has 1 rings (SSSR count). The molecule has 0 radical (unpaired) electrons. The lowest BCUT2D eigenvalue weighted by molar-refractivity contribution is -0.138. The highest BCUT2D eigenvalue weighted by molar-refractivity contribution is 7.89. The van der Waals surface area contributed by atoms with Crippen LogP contribution in [0.4, 0.5) is 13.2 Å². The number of terminal acetylenes is 1. The Kier molecular flexibility index (Phi) is 4.98. The molecule has 0 heterocycles. The first kappa shape index (κ1) is 17.0. The Morgan fingerprint density at radius 3 is 2.48 bits per heavy atom. The van der Waals surface area contributed by atoms with Gasteiger partial charge in [-0.3, -0.25) is 4.79 Å². The summed E-state index contributed by atoms with van der Waals surface area (Å²) in [5, 5.41) is 8.65. The highest BCUT2D eigenvalue weighted by Gasteiger charge is 2.33. The molecule has 0 aliphatic carbocycles. The van der Waals surface area contributed by atoms with E-state index in [0.717, 1.165) is 12.1 Å². The molecule has 0 bridgehead atoms. The number of nitrogens with zero attached hydrogens (tertiary/aromatic N) is 1. The molecule has 0 saturated heterocycles. The number of rotatable bonds is 5. The van der Waals surface area contributed by atoms with E-state index in [9.17, 15) is 26.4 Å². The molecule has 0 unspecified atom stereocenters. The fourth-order valence-electron chi connectivity index (χ4n) is 1.46. The van der Waals surface area contributed by atoms with E-state index in [0.29, 0.717) is 16.4 Å². The summed E-state index contributed by atoms with van der Waals surface area (Å²) in [4.78, 5) is 9.96. The summed E-state index contributed by atoms with van der Waals surface area (Å²) in [7, 11) is -4.43. The maximum absolute atomic E-state index is 12.6. The first-order chi connectivity index (χ1) is 9.59. The monoisotopic (exact) mass is 321 g/mol. The predicted octanol–water partition coefficient (Wildman–Crippen LogP) is 1.41. The van der Waals surface area contributed by atoms with E-state index in [2.05, 4.69) is 0 Å². The highest BCUT2D eigenvalue weighted by atomic mass is 32.2. The molecule has 0 spiro atoms. The van der Waals surface area contributed by atoms with Crippen LogP contribution < -0.4 is 0 Å². The number of carboxylic acid groups (broad SMARTS) is 1. The Balaban J connectivity index is 3.29. The van der Waals surface area contributed by atoms with Crippen LogP contribution in [0, 0.1) is 12.3 Å². The minimum Gasteiger partial charge on any atom is -0.480 e. The van der Waals surface area contributed by atoms with Gasteiger partial charge in [0.25, 0.3) is 0 Å². The van der Waals surface area contributed by atoms with Gasteiger partial charge in [-0.2, -0.15) is 17.5 Å². The zero-order valence-corrected chi connectivity index (χ0v) is 11.3. The fourth-order valence-corrected chi connectivity index (χ4v) is 2.81. The summed E-state index contributed by atoms with van der Waals surface area (Å²) in [6.07, 6.45) is 0.237. The van der Waals surface area contributed by atoms with Crippen molar-refractivity contribution in [2.24, 2.45) is 0 Å². The van der Waals surface area contributed by atoms with Crippen LogP contribution >= 0.6 is 0 Å². The predicted molar refractivity (Wildman–Crippen MR) is 66.7 cm³/mol. The smallest absolute Gasteiger partial charge is 0.416 e. The number of carboxylic acids is 1. The molecule has 9 heteroatoms. The van der Waals surface area contributed by atoms with E-state index in [1.54, 1.807) is 0 Å². The standard InChI is InChI=1S/C12H10F3NO4S/c1-2-6-16(8-11(17)18)21(19,20)10-5-3-4-9(7-10)12(13,14)15/h1,3-5,7H,6,8H2,(H,17,18).